The van der Waals surface area contributed by atoms with Gasteiger partial charge in [-0.15, -0.1) is 0 Å². The van der Waals surface area contributed by atoms with Gasteiger partial charge in [0.1, 0.15) is 0 Å². The second-order valence-electron chi connectivity index (χ2n) is 4.01. The molecular weight excluding hydrogens is 236 g/mol. The number of nitrogens with zero attached hydrogens (tertiary/aromatic N) is 2. The molecule has 1 aliphatic rings. The molecule has 0 amide bonds. The van der Waals surface area contributed by atoms with Gasteiger partial charge in [0, 0.05) is 19.4 Å². The van der Waals surface area contributed by atoms with E-state index in [2.05, 4.69) is 0 Å². The Morgan fingerprint density at radius 3 is 2.39 bits per heavy atom. The van der Waals surface area contributed by atoms with Crippen LogP contribution in [0.4, 0.5) is 5.69 Å². The lowest BCUT2D eigenvalue weighted by atomic mass is 10.1. The van der Waals surface area contributed by atoms with E-state index >= 15 is 0 Å². The minimum absolute atomic E-state index is 0.0675. The highest BCUT2D eigenvalue weighted by atomic mass is 16.4. The van der Waals surface area contributed by atoms with Crippen LogP contribution in [0.1, 0.15) is 20.7 Å². The number of carbonyl (C=O) groups is 2. The molecule has 1 heterocycles. The number of rotatable bonds is 3. The Balaban J connectivity index is 2.47. The van der Waals surface area contributed by atoms with Crippen molar-refractivity contribution < 1.29 is 19.8 Å². The average molecular weight is 248 g/mol. The lowest BCUT2D eigenvalue weighted by Crippen LogP contribution is -2.23. The highest BCUT2D eigenvalue weighted by Crippen LogP contribution is 2.25. The van der Waals surface area contributed by atoms with Crippen LogP contribution in [0, 0.1) is 0 Å². The van der Waals surface area contributed by atoms with Crippen molar-refractivity contribution >= 4 is 17.6 Å². The largest absolute Gasteiger partial charge is 0.478 e. The van der Waals surface area contributed by atoms with Crippen LogP contribution in [0.25, 0.3) is 0 Å². The molecule has 0 radical (unpaired) electrons. The van der Waals surface area contributed by atoms with Crippen LogP contribution in [0.2, 0.25) is 0 Å². The Kier molecular flexibility index (Phi) is 2.93. The monoisotopic (exact) mass is 248 g/mol. The first-order valence-electron chi connectivity index (χ1n) is 5.25. The quantitative estimate of drug-likeness (QED) is 0.838. The third-order valence-corrected chi connectivity index (χ3v) is 2.66. The fourth-order valence-corrected chi connectivity index (χ4v) is 1.77. The zero-order valence-corrected chi connectivity index (χ0v) is 9.70. The lowest BCUT2D eigenvalue weighted by Gasteiger charge is -2.20. The van der Waals surface area contributed by atoms with Gasteiger partial charge in [-0.2, -0.15) is 0 Å². The Labute approximate surface area is 103 Å². The number of anilines is 1. The van der Waals surface area contributed by atoms with Crippen molar-refractivity contribution in [2.75, 3.05) is 18.6 Å². The number of benzene rings is 1. The molecule has 0 aromatic heterocycles. The zero-order valence-electron chi connectivity index (χ0n) is 9.70. The van der Waals surface area contributed by atoms with E-state index in [1.165, 1.54) is 18.2 Å². The second-order valence-corrected chi connectivity index (χ2v) is 4.01. The maximum absolute atomic E-state index is 11.1. The summed E-state index contributed by atoms with van der Waals surface area (Å²) in [5, 5.41) is 18.0. The average Bonchev–Trinajstić information content (AvgIpc) is 2.74. The number of hydrogen-bond donors (Lipinski definition) is 2. The van der Waals surface area contributed by atoms with Crippen LogP contribution in [0.5, 0.6) is 0 Å². The molecule has 1 aliphatic heterocycles. The fourth-order valence-electron chi connectivity index (χ4n) is 1.77. The molecule has 0 unspecified atom stereocenters. The molecule has 6 nitrogen and oxygen atoms in total. The van der Waals surface area contributed by atoms with Gasteiger partial charge < -0.3 is 20.0 Å². The van der Waals surface area contributed by atoms with E-state index in [1.807, 2.05) is 11.9 Å². The standard InChI is InChI=1S/C12H12N2O4/c1-13-4-5-14(7-13)10-6-8(11(15)16)2-3-9(10)12(17)18/h2-6H,7H2,1H3,(H,15,16)(H,17,18). The third-order valence-electron chi connectivity index (χ3n) is 2.66. The van der Waals surface area contributed by atoms with Crippen LogP contribution in [0.15, 0.2) is 30.6 Å². The van der Waals surface area contributed by atoms with Crippen molar-refractivity contribution in [2.45, 2.75) is 0 Å². The predicted molar refractivity (Wildman–Crippen MR) is 64.6 cm³/mol. The van der Waals surface area contributed by atoms with E-state index in [0.717, 1.165) is 0 Å². The Hall–Kier alpha value is -2.50. The number of carboxylic acids is 2. The van der Waals surface area contributed by atoms with Crippen molar-refractivity contribution in [1.29, 1.82) is 0 Å². The molecule has 0 spiro atoms. The summed E-state index contributed by atoms with van der Waals surface area (Å²) in [7, 11) is 1.85. The summed E-state index contributed by atoms with van der Waals surface area (Å²) in [6.45, 7) is 0.489. The maximum atomic E-state index is 11.1. The summed E-state index contributed by atoms with van der Waals surface area (Å²) in [6, 6.07) is 3.97. The maximum Gasteiger partial charge on any atom is 0.337 e. The van der Waals surface area contributed by atoms with Crippen LogP contribution in [-0.4, -0.2) is 40.8 Å². The third kappa shape index (κ3) is 2.13. The molecule has 2 N–H and O–H groups in total. The van der Waals surface area contributed by atoms with E-state index < -0.39 is 11.9 Å². The normalized spacial score (nSPS) is 14.1. The Morgan fingerprint density at radius 1 is 1.17 bits per heavy atom. The first-order chi connectivity index (χ1) is 8.49. The van der Waals surface area contributed by atoms with E-state index in [9.17, 15) is 9.59 Å². The minimum Gasteiger partial charge on any atom is -0.478 e. The van der Waals surface area contributed by atoms with E-state index in [1.54, 1.807) is 17.3 Å². The predicted octanol–water partition coefficient (Wildman–Crippen LogP) is 1.26. The van der Waals surface area contributed by atoms with Gasteiger partial charge in [-0.25, -0.2) is 9.59 Å². The molecule has 0 aliphatic carbocycles. The molecule has 1 aromatic rings. The molecule has 0 atom stereocenters. The van der Waals surface area contributed by atoms with Gasteiger partial charge in [-0.05, 0) is 18.2 Å². The topological polar surface area (TPSA) is 81.1 Å². The Morgan fingerprint density at radius 2 is 1.89 bits per heavy atom. The zero-order chi connectivity index (χ0) is 13.3. The smallest absolute Gasteiger partial charge is 0.337 e. The SMILES string of the molecule is CN1C=CN(c2cc(C(=O)O)ccc2C(=O)O)C1. The van der Waals surface area contributed by atoms with Crippen molar-refractivity contribution in [3.05, 3.63) is 41.7 Å². The second kappa shape index (κ2) is 4.40. The first-order valence-corrected chi connectivity index (χ1v) is 5.25. The summed E-state index contributed by atoms with van der Waals surface area (Å²) in [4.78, 5) is 25.6. The van der Waals surface area contributed by atoms with Gasteiger partial charge >= 0.3 is 11.9 Å². The molecule has 0 saturated heterocycles. The van der Waals surface area contributed by atoms with Crippen molar-refractivity contribution in [3.63, 3.8) is 0 Å². The van der Waals surface area contributed by atoms with E-state index in [-0.39, 0.29) is 11.1 Å². The van der Waals surface area contributed by atoms with Gasteiger partial charge in [0.25, 0.3) is 0 Å². The minimum atomic E-state index is -1.08. The van der Waals surface area contributed by atoms with Gasteiger partial charge in [-0.3, -0.25) is 0 Å². The van der Waals surface area contributed by atoms with E-state index in [4.69, 9.17) is 10.2 Å². The van der Waals surface area contributed by atoms with E-state index in [0.29, 0.717) is 12.4 Å². The molecule has 1 aromatic carbocycles. The molecule has 0 bridgehead atoms. The van der Waals surface area contributed by atoms with Crippen LogP contribution in [0.3, 0.4) is 0 Å². The molecule has 94 valence electrons. The summed E-state index contributed by atoms with van der Waals surface area (Å²) < 4.78 is 0. The van der Waals surface area contributed by atoms with Crippen molar-refractivity contribution in [1.82, 2.24) is 4.90 Å². The van der Waals surface area contributed by atoms with Crippen LogP contribution < -0.4 is 4.90 Å². The first kappa shape index (κ1) is 12.0. The van der Waals surface area contributed by atoms with Crippen molar-refractivity contribution in [2.24, 2.45) is 0 Å². The van der Waals surface area contributed by atoms with Crippen LogP contribution in [-0.2, 0) is 0 Å². The molecule has 2 rings (SSSR count). The van der Waals surface area contributed by atoms with Gasteiger partial charge in [-0.1, -0.05) is 0 Å². The highest BCUT2D eigenvalue weighted by molar-refractivity contribution is 5.98. The highest BCUT2D eigenvalue weighted by Gasteiger charge is 2.20. The molecule has 6 heteroatoms. The number of carboxylic acid groups (broad SMARTS) is 2. The molecule has 0 saturated carbocycles. The molecular formula is C12H12N2O4. The Bertz CT molecular complexity index is 539. The fraction of sp³-hybridized carbons (Fsp3) is 0.167. The number of hydrogen-bond acceptors (Lipinski definition) is 4. The van der Waals surface area contributed by atoms with Gasteiger partial charge in [0.05, 0.1) is 23.5 Å². The van der Waals surface area contributed by atoms with Gasteiger partial charge in [0.15, 0.2) is 0 Å². The van der Waals surface area contributed by atoms with Gasteiger partial charge in [0.2, 0.25) is 0 Å². The summed E-state index contributed by atoms with van der Waals surface area (Å²) >= 11 is 0. The molecule has 18 heavy (non-hydrogen) atoms. The summed E-state index contributed by atoms with van der Waals surface area (Å²) in [5.41, 5.74) is 0.529. The van der Waals surface area contributed by atoms with Crippen molar-refractivity contribution in [3.8, 4) is 0 Å². The summed E-state index contributed by atoms with van der Waals surface area (Å²) in [5.74, 6) is -2.16. The van der Waals surface area contributed by atoms with Crippen LogP contribution >= 0.6 is 0 Å². The number of aromatic carboxylic acids is 2. The molecule has 0 fully saturated rings. The lowest BCUT2D eigenvalue weighted by molar-refractivity contribution is 0.0681. The summed E-state index contributed by atoms with van der Waals surface area (Å²) in [6.07, 6.45) is 3.51.